The standard InChI is InChI=1S/C44H66O20/c1-19-36(64-40-35(54)33(52)31(50)28(63-40)17-58-39-34(53)32(51)30(49)27(15-45)62-39)37(56-4)38(60-20(2)47)41(59-19)61-23-7-11-43(18-46)22(14-23)5-6-26-25(43)8-10-42(3)24(9-12-44(26,42)55)21-13-29(48)57-16-21/h13,18-19,22-28,30-41,45,49-55H,5-12,14-17H2,1-4H3/t19-,22+,23-,24+,25-,26+,27+,28+,30+,31+,32-,33-,34+,35+,36-,37+,38-,39+,40-,41-,42+,43+,44-/m0/s1. The van der Waals surface area contributed by atoms with Crippen molar-refractivity contribution >= 4 is 18.2 Å². The highest BCUT2D eigenvalue weighted by Crippen LogP contribution is 2.69. The lowest BCUT2D eigenvalue weighted by molar-refractivity contribution is -0.367. The van der Waals surface area contributed by atoms with Crippen LogP contribution in [0, 0.1) is 34.5 Å². The van der Waals surface area contributed by atoms with Crippen LogP contribution in [0.1, 0.15) is 78.6 Å². The average molecular weight is 915 g/mol. The predicted molar refractivity (Wildman–Crippen MR) is 213 cm³/mol. The van der Waals surface area contributed by atoms with E-state index in [1.54, 1.807) is 13.0 Å². The quantitative estimate of drug-likeness (QED) is 0.0629. The van der Waals surface area contributed by atoms with E-state index in [0.717, 1.165) is 37.5 Å². The van der Waals surface area contributed by atoms with Gasteiger partial charge in [-0.05, 0) is 94.0 Å². The van der Waals surface area contributed by atoms with Gasteiger partial charge in [0.25, 0.3) is 0 Å². The van der Waals surface area contributed by atoms with Gasteiger partial charge in [0.1, 0.15) is 73.9 Å². The highest BCUT2D eigenvalue weighted by Gasteiger charge is 2.69. The van der Waals surface area contributed by atoms with Crippen molar-refractivity contribution in [2.45, 2.75) is 182 Å². The first-order chi connectivity index (χ1) is 30.4. The molecular formula is C44H66O20. The molecule has 0 radical (unpaired) electrons. The Kier molecular flexibility index (Phi) is 14.1. The van der Waals surface area contributed by atoms with Gasteiger partial charge in [0.05, 0.1) is 31.0 Å². The smallest absolute Gasteiger partial charge is 0.331 e. The monoisotopic (exact) mass is 914 g/mol. The number of cyclic esters (lactones) is 1. The van der Waals surface area contributed by atoms with E-state index in [9.17, 15) is 55.2 Å². The number of fused-ring (bicyclic) bond motifs is 5. The van der Waals surface area contributed by atoms with E-state index in [-0.39, 0.29) is 36.2 Å². The molecule has 0 bridgehead atoms. The number of carbonyl (C=O) groups is 3. The van der Waals surface area contributed by atoms with Gasteiger partial charge in [0.15, 0.2) is 25.0 Å². The number of aliphatic hydroxyl groups is 8. The summed E-state index contributed by atoms with van der Waals surface area (Å²) in [5, 5.41) is 85.5. The molecule has 7 fully saturated rings. The van der Waals surface area contributed by atoms with Crippen LogP contribution in [-0.4, -0.2) is 190 Å². The molecule has 0 aromatic carbocycles. The number of hydrogen-bond donors (Lipinski definition) is 8. The van der Waals surface area contributed by atoms with Crippen LogP contribution in [0.25, 0.3) is 0 Å². The number of ether oxygens (including phenoxy) is 9. The molecule has 4 aliphatic carbocycles. The highest BCUT2D eigenvalue weighted by atomic mass is 16.8. The molecular weight excluding hydrogens is 848 g/mol. The van der Waals surface area contributed by atoms with Crippen LogP contribution in [0.5, 0.6) is 0 Å². The molecule has 64 heavy (non-hydrogen) atoms. The van der Waals surface area contributed by atoms with Crippen LogP contribution in [0.4, 0.5) is 0 Å². The third-order valence-corrected chi connectivity index (χ3v) is 16.6. The minimum absolute atomic E-state index is 0.0247. The predicted octanol–water partition coefficient (Wildman–Crippen LogP) is -1.49. The SMILES string of the molecule is CO[C@H]1[C@H](OC(C)=O)[C@H](O[C@H]2CC[C@@]3(C=O)[C@H](CC[C@@H]4[C@@H]3CC[C@]3(C)[C@@H](C5=CC(=O)OC5)CC[C@]43O)C2)O[C@@H](C)[C@@H]1O[C@@H]1O[C@H](CO[C@@H]2O[C@H](CO)[C@@H](O)[C@H](O)[C@H]2O)[C@@H](O)[C@H](O)[C@H]1O. The van der Waals surface area contributed by atoms with Crippen molar-refractivity contribution in [2.24, 2.45) is 34.5 Å². The Hall–Kier alpha value is -2.25. The second-order valence-corrected chi connectivity index (χ2v) is 19.7. The largest absolute Gasteiger partial charge is 0.458 e. The summed E-state index contributed by atoms with van der Waals surface area (Å²) in [6, 6.07) is 0. The molecule has 20 heteroatoms. The van der Waals surface area contributed by atoms with E-state index in [4.69, 9.17) is 42.6 Å². The molecule has 4 heterocycles. The maximum atomic E-state index is 13.4. The summed E-state index contributed by atoms with van der Waals surface area (Å²) in [5.74, 6) is -1.11. The van der Waals surface area contributed by atoms with Gasteiger partial charge in [-0.15, -0.1) is 0 Å². The molecule has 0 amide bonds. The molecule has 20 nitrogen and oxygen atoms in total. The van der Waals surface area contributed by atoms with Crippen LogP contribution in [0.15, 0.2) is 11.6 Å². The van der Waals surface area contributed by atoms with E-state index in [1.165, 1.54) is 14.0 Å². The van der Waals surface area contributed by atoms with Crippen LogP contribution in [0.2, 0.25) is 0 Å². The van der Waals surface area contributed by atoms with Gasteiger partial charge in [-0.3, -0.25) is 4.79 Å². The normalized spacial score (nSPS) is 51.6. The van der Waals surface area contributed by atoms with Crippen molar-refractivity contribution in [3.63, 3.8) is 0 Å². The number of methoxy groups -OCH3 is 1. The van der Waals surface area contributed by atoms with Gasteiger partial charge in [0, 0.05) is 30.9 Å². The number of esters is 2. The Bertz CT molecular complexity index is 1730. The van der Waals surface area contributed by atoms with Crippen LogP contribution in [0.3, 0.4) is 0 Å². The minimum atomic E-state index is -1.82. The lowest BCUT2D eigenvalue weighted by atomic mass is 9.43. The minimum Gasteiger partial charge on any atom is -0.458 e. The number of hydrogen-bond acceptors (Lipinski definition) is 20. The molecule has 0 spiro atoms. The Labute approximate surface area is 371 Å². The Morgan fingerprint density at radius 3 is 2.17 bits per heavy atom. The first-order valence-corrected chi connectivity index (χ1v) is 22.7. The summed E-state index contributed by atoms with van der Waals surface area (Å²) in [6.07, 6.45) is -13.6. The number of carbonyl (C=O) groups excluding carboxylic acids is 3. The van der Waals surface area contributed by atoms with Gasteiger partial charge in [0.2, 0.25) is 0 Å². The molecule has 0 aromatic rings. The average Bonchev–Trinajstić information content (AvgIpc) is 3.82. The zero-order valence-corrected chi connectivity index (χ0v) is 36.7. The van der Waals surface area contributed by atoms with Gasteiger partial charge >= 0.3 is 11.9 Å². The summed E-state index contributed by atoms with van der Waals surface area (Å²) in [6.45, 7) is 4.00. The molecule has 0 aromatic heterocycles. The van der Waals surface area contributed by atoms with Gasteiger partial charge in [-0.25, -0.2) is 4.79 Å². The number of rotatable bonds is 12. The van der Waals surface area contributed by atoms with E-state index in [0.29, 0.717) is 32.1 Å². The van der Waals surface area contributed by atoms with E-state index < -0.39 is 134 Å². The molecule has 0 unspecified atom stereocenters. The molecule has 4 aliphatic heterocycles. The Morgan fingerprint density at radius 1 is 0.812 bits per heavy atom. The van der Waals surface area contributed by atoms with Crippen molar-refractivity contribution < 1.29 is 97.9 Å². The lowest BCUT2D eigenvalue weighted by Crippen LogP contribution is -2.65. The second kappa shape index (κ2) is 18.7. The van der Waals surface area contributed by atoms with Crippen LogP contribution < -0.4 is 0 Å². The van der Waals surface area contributed by atoms with E-state index in [2.05, 4.69) is 6.92 Å². The topological polar surface area (TPSA) is 296 Å². The maximum absolute atomic E-state index is 13.4. The van der Waals surface area contributed by atoms with E-state index in [1.807, 2.05) is 0 Å². The van der Waals surface area contributed by atoms with E-state index >= 15 is 0 Å². The molecule has 8 aliphatic rings. The molecule has 23 atom stereocenters. The van der Waals surface area contributed by atoms with Gasteiger partial charge in [-0.1, -0.05) is 6.92 Å². The maximum Gasteiger partial charge on any atom is 0.331 e. The van der Waals surface area contributed by atoms with Crippen molar-refractivity contribution in [1.82, 2.24) is 0 Å². The second-order valence-electron chi connectivity index (χ2n) is 19.7. The summed E-state index contributed by atoms with van der Waals surface area (Å²) in [5.41, 5.74) is -1.15. The Morgan fingerprint density at radius 2 is 1.52 bits per heavy atom. The summed E-state index contributed by atoms with van der Waals surface area (Å²) < 4.78 is 52.9. The van der Waals surface area contributed by atoms with Crippen LogP contribution >= 0.6 is 0 Å². The number of aldehydes is 1. The van der Waals surface area contributed by atoms with Crippen molar-refractivity contribution in [1.29, 1.82) is 0 Å². The fraction of sp³-hybridized carbons (Fsp3) is 0.886. The fourth-order valence-electron chi connectivity index (χ4n) is 13.2. The van der Waals surface area contributed by atoms with Gasteiger partial charge < -0.3 is 88.3 Å². The first-order valence-electron chi connectivity index (χ1n) is 22.7. The Balaban J connectivity index is 0.927. The summed E-state index contributed by atoms with van der Waals surface area (Å²) in [7, 11) is 1.37. The summed E-state index contributed by atoms with van der Waals surface area (Å²) in [4.78, 5) is 38.0. The summed E-state index contributed by atoms with van der Waals surface area (Å²) >= 11 is 0. The third-order valence-electron chi connectivity index (χ3n) is 16.6. The van der Waals surface area contributed by atoms with Crippen molar-refractivity contribution in [2.75, 3.05) is 26.9 Å². The number of aliphatic hydroxyl groups excluding tert-OH is 7. The zero-order chi connectivity index (χ0) is 46.0. The van der Waals surface area contributed by atoms with Crippen LogP contribution in [-0.2, 0) is 57.0 Å². The lowest BCUT2D eigenvalue weighted by Gasteiger charge is -2.63. The fourth-order valence-corrected chi connectivity index (χ4v) is 13.2. The molecule has 362 valence electrons. The first kappa shape index (κ1) is 48.2. The van der Waals surface area contributed by atoms with Gasteiger partial charge in [-0.2, -0.15) is 0 Å². The molecule has 8 rings (SSSR count). The zero-order valence-electron chi connectivity index (χ0n) is 36.7. The van der Waals surface area contributed by atoms with Crippen molar-refractivity contribution in [3.8, 4) is 0 Å². The highest BCUT2D eigenvalue weighted by molar-refractivity contribution is 5.85. The molecule has 4 saturated carbocycles. The molecule has 3 saturated heterocycles. The molecule has 8 N–H and O–H groups in total. The third kappa shape index (κ3) is 8.18. The van der Waals surface area contributed by atoms with Crippen molar-refractivity contribution in [3.05, 3.63) is 11.6 Å².